The highest BCUT2D eigenvalue weighted by Crippen LogP contribution is 2.22. The van der Waals surface area contributed by atoms with Gasteiger partial charge in [-0.1, -0.05) is 18.5 Å². The Hall–Kier alpha value is -1.85. The predicted octanol–water partition coefficient (Wildman–Crippen LogP) is 4.06. The van der Waals surface area contributed by atoms with Crippen molar-refractivity contribution in [2.45, 2.75) is 26.8 Å². The van der Waals surface area contributed by atoms with Gasteiger partial charge in [-0.3, -0.25) is 9.36 Å². The quantitative estimate of drug-likeness (QED) is 0.698. The molecular weight excluding hydrogens is 332 g/mol. The van der Waals surface area contributed by atoms with Gasteiger partial charge in [-0.25, -0.2) is 4.98 Å². The Balaban J connectivity index is 1.79. The molecule has 0 aliphatic heterocycles. The van der Waals surface area contributed by atoms with Crippen molar-refractivity contribution in [1.29, 1.82) is 0 Å². The zero-order chi connectivity index (χ0) is 16.4. The number of aromatic nitrogens is 2. The maximum absolute atomic E-state index is 12.6. The number of hydrogen-bond donors (Lipinski definition) is 0. The fraction of sp³-hybridized carbons (Fsp3) is 0.294. The van der Waals surface area contributed by atoms with Crippen molar-refractivity contribution in [1.82, 2.24) is 9.55 Å². The zero-order valence-electron chi connectivity index (χ0n) is 13.0. The molecule has 0 spiro atoms. The SMILES string of the molecule is CCc1cc2c(=O)n(CCOc3ccc(Cl)cc3)c(C)nc2s1. The summed E-state index contributed by atoms with van der Waals surface area (Å²) < 4.78 is 7.34. The van der Waals surface area contributed by atoms with E-state index >= 15 is 0 Å². The minimum atomic E-state index is 0.00292. The Morgan fingerprint density at radius 1 is 1.30 bits per heavy atom. The molecular formula is C17H17ClN2O2S. The van der Waals surface area contributed by atoms with Crippen LogP contribution in [0.2, 0.25) is 5.02 Å². The van der Waals surface area contributed by atoms with Crippen LogP contribution in [0.1, 0.15) is 17.6 Å². The van der Waals surface area contributed by atoms with Gasteiger partial charge in [0.25, 0.3) is 5.56 Å². The smallest absolute Gasteiger partial charge is 0.262 e. The fourth-order valence-electron chi connectivity index (χ4n) is 2.39. The van der Waals surface area contributed by atoms with Gasteiger partial charge in [-0.05, 0) is 43.7 Å². The van der Waals surface area contributed by atoms with Crippen LogP contribution in [0.3, 0.4) is 0 Å². The van der Waals surface area contributed by atoms with Gasteiger partial charge in [0.2, 0.25) is 0 Å². The molecule has 0 saturated carbocycles. The Morgan fingerprint density at radius 2 is 2.04 bits per heavy atom. The van der Waals surface area contributed by atoms with Gasteiger partial charge in [0, 0.05) is 9.90 Å². The molecule has 0 atom stereocenters. The standard InChI is InChI=1S/C17H17ClN2O2S/c1-3-14-10-15-16(23-14)19-11(2)20(17(15)21)8-9-22-13-6-4-12(18)5-7-13/h4-7,10H,3,8-9H2,1-2H3. The average Bonchev–Trinajstić information content (AvgIpc) is 2.95. The Labute approximate surface area is 143 Å². The third-order valence-electron chi connectivity index (χ3n) is 3.64. The van der Waals surface area contributed by atoms with Crippen LogP contribution >= 0.6 is 22.9 Å². The first-order chi connectivity index (χ1) is 11.1. The fourth-order valence-corrected chi connectivity index (χ4v) is 3.52. The van der Waals surface area contributed by atoms with Gasteiger partial charge < -0.3 is 4.74 Å². The first kappa shape index (κ1) is 16.0. The van der Waals surface area contributed by atoms with E-state index in [4.69, 9.17) is 16.3 Å². The lowest BCUT2D eigenvalue weighted by molar-refractivity contribution is 0.294. The number of aryl methyl sites for hydroxylation is 2. The molecule has 23 heavy (non-hydrogen) atoms. The summed E-state index contributed by atoms with van der Waals surface area (Å²) in [5.74, 6) is 1.45. The molecule has 0 N–H and O–H groups in total. The number of fused-ring (bicyclic) bond motifs is 1. The third-order valence-corrected chi connectivity index (χ3v) is 5.06. The maximum atomic E-state index is 12.6. The molecule has 0 bridgehead atoms. The molecule has 6 heteroatoms. The van der Waals surface area contributed by atoms with Gasteiger partial charge in [-0.15, -0.1) is 11.3 Å². The van der Waals surface area contributed by atoms with E-state index in [1.165, 1.54) is 4.88 Å². The van der Waals surface area contributed by atoms with Crippen molar-refractivity contribution in [2.75, 3.05) is 6.61 Å². The summed E-state index contributed by atoms with van der Waals surface area (Å²) >= 11 is 7.43. The van der Waals surface area contributed by atoms with E-state index in [-0.39, 0.29) is 5.56 Å². The van der Waals surface area contributed by atoms with Gasteiger partial charge in [0.15, 0.2) is 0 Å². The monoisotopic (exact) mass is 348 g/mol. The normalized spacial score (nSPS) is 11.1. The summed E-state index contributed by atoms with van der Waals surface area (Å²) in [6.45, 7) is 4.80. The van der Waals surface area contributed by atoms with Crippen molar-refractivity contribution in [3.63, 3.8) is 0 Å². The first-order valence-electron chi connectivity index (χ1n) is 7.46. The highest BCUT2D eigenvalue weighted by atomic mass is 35.5. The average molecular weight is 349 g/mol. The number of rotatable bonds is 5. The van der Waals surface area contributed by atoms with Crippen LogP contribution < -0.4 is 10.3 Å². The van der Waals surface area contributed by atoms with Crippen molar-refractivity contribution < 1.29 is 4.74 Å². The molecule has 120 valence electrons. The van der Waals surface area contributed by atoms with Crippen LogP contribution in [0, 0.1) is 6.92 Å². The van der Waals surface area contributed by atoms with Gasteiger partial charge >= 0.3 is 0 Å². The molecule has 2 aromatic heterocycles. The molecule has 0 saturated heterocycles. The van der Waals surface area contributed by atoms with Crippen LogP contribution in [-0.2, 0) is 13.0 Å². The molecule has 3 aromatic rings. The second kappa shape index (κ2) is 6.72. The summed E-state index contributed by atoms with van der Waals surface area (Å²) in [5, 5.41) is 1.37. The van der Waals surface area contributed by atoms with E-state index in [0.29, 0.717) is 29.4 Å². The Morgan fingerprint density at radius 3 is 2.74 bits per heavy atom. The topological polar surface area (TPSA) is 44.1 Å². The van der Waals surface area contributed by atoms with E-state index in [1.54, 1.807) is 28.0 Å². The Bertz CT molecular complexity index is 884. The van der Waals surface area contributed by atoms with E-state index in [0.717, 1.165) is 17.0 Å². The highest BCUT2D eigenvalue weighted by Gasteiger charge is 2.11. The number of thiophene rings is 1. The number of nitrogens with zero attached hydrogens (tertiary/aromatic N) is 2. The van der Waals surface area contributed by atoms with E-state index in [2.05, 4.69) is 11.9 Å². The molecule has 0 amide bonds. The second-order valence-corrected chi connectivity index (χ2v) is 6.75. The molecule has 4 nitrogen and oxygen atoms in total. The molecule has 2 heterocycles. The zero-order valence-corrected chi connectivity index (χ0v) is 14.6. The number of benzene rings is 1. The van der Waals surface area contributed by atoms with Crippen LogP contribution in [0.15, 0.2) is 35.1 Å². The number of ether oxygens (including phenoxy) is 1. The van der Waals surface area contributed by atoms with Crippen LogP contribution in [0.4, 0.5) is 0 Å². The summed E-state index contributed by atoms with van der Waals surface area (Å²) in [6, 6.07) is 9.13. The third kappa shape index (κ3) is 3.41. The number of halogens is 1. The van der Waals surface area contributed by atoms with Crippen LogP contribution in [0.25, 0.3) is 10.2 Å². The van der Waals surface area contributed by atoms with Crippen LogP contribution in [0.5, 0.6) is 5.75 Å². The molecule has 0 aliphatic carbocycles. The molecule has 1 aromatic carbocycles. The molecule has 3 rings (SSSR count). The second-order valence-electron chi connectivity index (χ2n) is 5.20. The maximum Gasteiger partial charge on any atom is 0.262 e. The number of hydrogen-bond acceptors (Lipinski definition) is 4. The summed E-state index contributed by atoms with van der Waals surface area (Å²) in [7, 11) is 0. The first-order valence-corrected chi connectivity index (χ1v) is 8.66. The van der Waals surface area contributed by atoms with Crippen LogP contribution in [-0.4, -0.2) is 16.2 Å². The Kier molecular flexibility index (Phi) is 4.68. The van der Waals surface area contributed by atoms with E-state index in [9.17, 15) is 4.79 Å². The van der Waals surface area contributed by atoms with E-state index in [1.807, 2.05) is 25.1 Å². The summed E-state index contributed by atoms with van der Waals surface area (Å²) in [4.78, 5) is 19.2. The summed E-state index contributed by atoms with van der Waals surface area (Å²) in [6.07, 6.45) is 0.916. The molecule has 0 radical (unpaired) electrons. The van der Waals surface area contributed by atoms with Gasteiger partial charge in [0.05, 0.1) is 11.9 Å². The van der Waals surface area contributed by atoms with E-state index < -0.39 is 0 Å². The minimum Gasteiger partial charge on any atom is -0.492 e. The van der Waals surface area contributed by atoms with Crippen molar-refractivity contribution in [2.24, 2.45) is 0 Å². The minimum absolute atomic E-state index is 0.00292. The summed E-state index contributed by atoms with van der Waals surface area (Å²) in [5.41, 5.74) is 0.00292. The van der Waals surface area contributed by atoms with Gasteiger partial charge in [0.1, 0.15) is 23.0 Å². The molecule has 0 unspecified atom stereocenters. The van der Waals surface area contributed by atoms with Crippen molar-refractivity contribution >= 4 is 33.2 Å². The molecule has 0 aliphatic rings. The lowest BCUT2D eigenvalue weighted by Gasteiger charge is -2.10. The lowest BCUT2D eigenvalue weighted by Crippen LogP contribution is -2.26. The lowest BCUT2D eigenvalue weighted by atomic mass is 10.3. The van der Waals surface area contributed by atoms with Crippen molar-refractivity contribution in [3.8, 4) is 5.75 Å². The van der Waals surface area contributed by atoms with Gasteiger partial charge in [-0.2, -0.15) is 0 Å². The largest absolute Gasteiger partial charge is 0.492 e. The highest BCUT2D eigenvalue weighted by molar-refractivity contribution is 7.18. The molecule has 0 fully saturated rings. The van der Waals surface area contributed by atoms with Crippen molar-refractivity contribution in [3.05, 3.63) is 56.4 Å². The predicted molar refractivity (Wildman–Crippen MR) is 94.9 cm³/mol.